The molecule has 0 aliphatic carbocycles. The summed E-state index contributed by atoms with van der Waals surface area (Å²) in [4.78, 5) is 0. The summed E-state index contributed by atoms with van der Waals surface area (Å²) in [6.07, 6.45) is 8.57. The number of rotatable bonds is 3. The Morgan fingerprint density at radius 3 is 1.22 bits per heavy atom. The molecule has 9 nitrogen and oxygen atoms in total. The topological polar surface area (TPSA) is 37.4 Å². The van der Waals surface area contributed by atoms with Crippen molar-refractivity contribution in [1.82, 2.24) is 18.3 Å². The van der Waals surface area contributed by atoms with Crippen LogP contribution in [0.2, 0.25) is 0 Å². The highest BCUT2D eigenvalue weighted by atomic mass is 15.3. The fraction of sp³-hybridized carbons (Fsp3) is 0.357. The second-order valence-corrected chi connectivity index (χ2v) is 21.8. The fourth-order valence-electron chi connectivity index (χ4n) is 12.7. The van der Waals surface area contributed by atoms with E-state index in [1.54, 1.807) is 0 Å². The van der Waals surface area contributed by atoms with Crippen molar-refractivity contribution in [3.63, 3.8) is 0 Å². The van der Waals surface area contributed by atoms with Gasteiger partial charge >= 0.3 is 18.0 Å². The van der Waals surface area contributed by atoms with E-state index in [0.717, 1.165) is 5.95 Å². The van der Waals surface area contributed by atoms with Crippen LogP contribution in [0.5, 0.6) is 0 Å². The van der Waals surface area contributed by atoms with Gasteiger partial charge in [-0.15, -0.1) is 4.58 Å². The van der Waals surface area contributed by atoms with Gasteiger partial charge in [-0.2, -0.15) is 13.7 Å². The molecule has 0 saturated heterocycles. The SMILES string of the molecule is C.CC.CC.CC.CC.CC.CC.CC.CC.CC.CC.CC.CC.Cc1cccc2c1C1[N+](C)=C=C=[N+]1c1ccccc1-2.Cc1cccc2c3ccccc3n(-c3cccc[n+]3C)c12.Cc1cccc2c3ccccc3n(-c3n(C)cc[n+]3C)c12.Cc1ccccc1-n1c2ccccc2c2ccc[n+](C)c21. The van der Waals surface area contributed by atoms with Crippen molar-refractivity contribution in [1.29, 1.82) is 0 Å². The second kappa shape index (κ2) is 51.9. The van der Waals surface area contributed by atoms with Crippen LogP contribution in [0.3, 0.4) is 0 Å². The van der Waals surface area contributed by atoms with Crippen molar-refractivity contribution in [2.75, 3.05) is 7.05 Å². The molecule has 574 valence electrons. The number of imidazole rings is 1. The number of nitrogens with zero attached hydrogens (tertiary/aromatic N) is 9. The summed E-state index contributed by atoms with van der Waals surface area (Å²) in [6, 6.07) is 73.1. The Morgan fingerprint density at radius 1 is 0.318 bits per heavy atom. The minimum absolute atomic E-state index is 0. The third-order valence-corrected chi connectivity index (χ3v) is 16.5. The van der Waals surface area contributed by atoms with Crippen LogP contribution in [0.15, 0.2) is 231 Å². The van der Waals surface area contributed by atoms with Crippen molar-refractivity contribution in [3.05, 3.63) is 259 Å². The number of benzene rings is 8. The highest BCUT2D eigenvalue weighted by Crippen LogP contribution is 2.45. The van der Waals surface area contributed by atoms with Crippen LogP contribution in [0.25, 0.3) is 94.1 Å². The normalized spacial score (nSPS) is 10.6. The first kappa shape index (κ1) is 96.8. The van der Waals surface area contributed by atoms with E-state index < -0.39 is 0 Å². The highest BCUT2D eigenvalue weighted by molar-refractivity contribution is 6.11. The van der Waals surface area contributed by atoms with E-state index in [1.807, 2.05) is 166 Å². The third-order valence-electron chi connectivity index (χ3n) is 16.5. The monoisotopic (exact) mass is 1450 g/mol. The Bertz CT molecular complexity index is 4790. The van der Waals surface area contributed by atoms with Crippen LogP contribution in [0.1, 0.15) is 208 Å². The van der Waals surface area contributed by atoms with Crippen LogP contribution in [0.4, 0.5) is 5.69 Å². The number of pyridine rings is 2. The Labute approximate surface area is 650 Å². The molecular formula is C98H142N9+5. The Kier molecular flexibility index (Phi) is 47.0. The van der Waals surface area contributed by atoms with Gasteiger partial charge in [0, 0.05) is 44.6 Å². The van der Waals surface area contributed by atoms with Gasteiger partial charge in [0.1, 0.15) is 38.8 Å². The lowest BCUT2D eigenvalue weighted by Crippen LogP contribution is -2.33. The molecule has 1 unspecified atom stereocenters. The lowest BCUT2D eigenvalue weighted by atomic mass is 9.89. The Balaban J connectivity index is 0.00000127. The average Bonchev–Trinajstić information content (AvgIpc) is 1.64. The fourth-order valence-corrected chi connectivity index (χ4v) is 12.7. The molecule has 2 aliphatic rings. The molecule has 6 aromatic heterocycles. The molecule has 0 saturated carbocycles. The Hall–Kier alpha value is -10.2. The van der Waals surface area contributed by atoms with Gasteiger partial charge in [-0.05, 0) is 117 Å². The van der Waals surface area contributed by atoms with E-state index in [-0.39, 0.29) is 13.6 Å². The van der Waals surface area contributed by atoms with E-state index in [4.69, 9.17) is 0 Å². The number of fused-ring (bicyclic) bond motifs is 15. The lowest BCUT2D eigenvalue weighted by molar-refractivity contribution is -0.729. The molecule has 0 N–H and O–H groups in total. The predicted octanol–water partition coefficient (Wildman–Crippen LogP) is 26.9. The molecule has 0 bridgehead atoms. The lowest BCUT2D eigenvalue weighted by Gasteiger charge is -2.19. The minimum Gasteiger partial charge on any atom is -0.237 e. The molecule has 0 fully saturated rings. The number of aryl methyl sites for hydroxylation is 8. The summed E-state index contributed by atoms with van der Waals surface area (Å²) in [5, 5.41) is 7.82. The molecule has 0 spiro atoms. The minimum atomic E-state index is 0. The largest absolute Gasteiger partial charge is 0.393 e. The zero-order valence-corrected chi connectivity index (χ0v) is 72.0. The molecule has 16 rings (SSSR count). The Morgan fingerprint density at radius 2 is 0.710 bits per heavy atom. The first-order chi connectivity index (χ1) is 52.0. The molecule has 2 aliphatic heterocycles. The van der Waals surface area contributed by atoms with E-state index >= 15 is 0 Å². The highest BCUT2D eigenvalue weighted by Gasteiger charge is 2.45. The van der Waals surface area contributed by atoms with Crippen molar-refractivity contribution >= 4 is 83.0 Å². The van der Waals surface area contributed by atoms with Gasteiger partial charge in [0.2, 0.25) is 5.69 Å². The molecule has 8 aromatic carbocycles. The molecule has 107 heavy (non-hydrogen) atoms. The first-order valence-electron chi connectivity index (χ1n) is 40.1. The van der Waals surface area contributed by atoms with E-state index in [2.05, 4.69) is 347 Å². The van der Waals surface area contributed by atoms with Gasteiger partial charge in [0.15, 0.2) is 7.05 Å². The maximum atomic E-state index is 3.24. The zero-order valence-electron chi connectivity index (χ0n) is 72.0. The van der Waals surface area contributed by atoms with Crippen molar-refractivity contribution < 1.29 is 22.9 Å². The van der Waals surface area contributed by atoms with E-state index in [0.29, 0.717) is 0 Å². The molecule has 0 amide bonds. The molecule has 9 heteroatoms. The van der Waals surface area contributed by atoms with Gasteiger partial charge in [0.25, 0.3) is 17.3 Å². The van der Waals surface area contributed by atoms with Crippen LogP contribution >= 0.6 is 0 Å². The van der Waals surface area contributed by atoms with Gasteiger partial charge in [-0.3, -0.25) is 0 Å². The van der Waals surface area contributed by atoms with Crippen molar-refractivity contribution in [3.8, 4) is 28.6 Å². The van der Waals surface area contributed by atoms with Gasteiger partial charge < -0.3 is 0 Å². The van der Waals surface area contributed by atoms with Crippen LogP contribution in [-0.4, -0.2) is 46.2 Å². The zero-order chi connectivity index (χ0) is 80.3. The summed E-state index contributed by atoms with van der Waals surface area (Å²) in [7, 11) is 10.4. The number of hydrogen-bond donors (Lipinski definition) is 0. The predicted molar refractivity (Wildman–Crippen MR) is 477 cm³/mol. The summed E-state index contributed by atoms with van der Waals surface area (Å²) in [5.74, 6) is 8.76. The van der Waals surface area contributed by atoms with E-state index in [1.165, 1.54) is 122 Å². The molecule has 0 radical (unpaired) electrons. The standard InChI is InChI=1S/2C19H17N2.C18H18N3.C17H14N2.12C2H6.CH4/c1-14-8-3-5-11-17(14)21-18-12-6-4-9-15(18)16-10-7-13-20(2)19(16)21;1-14-8-7-10-16-15-9-3-4-11-17(15)21(19(14)16)18-12-5-6-13-20(18)2;1-13-7-6-9-15-14-8-4-5-10-16(14)21(17(13)15)18-19(2)11-12-20(18)3;1-12-6-5-8-14-13-7-3-4-9-15(13)19-11-10-18(2)17(19)16(12)14;12*1-2;/h2*3-13H,1-2H3;4-12H,1-3H3;3-9,17H,1-2H3;12*1-2H3;1H4/q3*+1;+2;;;;;;;;;;;;;. The smallest absolute Gasteiger partial charge is 0.237 e. The quantitative estimate of drug-likeness (QED) is 0.158. The molecule has 14 aromatic rings. The summed E-state index contributed by atoms with van der Waals surface area (Å²) in [5.41, 5.74) is 19.2. The molecule has 8 heterocycles. The van der Waals surface area contributed by atoms with Gasteiger partial charge in [0.05, 0.1) is 63.9 Å². The number of para-hydroxylation sites is 7. The summed E-state index contributed by atoms with van der Waals surface area (Å²) < 4.78 is 20.1. The summed E-state index contributed by atoms with van der Waals surface area (Å²) in [6.45, 7) is 56.7. The van der Waals surface area contributed by atoms with Crippen LogP contribution in [0, 0.1) is 27.7 Å². The average molecular weight is 1450 g/mol. The maximum absolute atomic E-state index is 3.24. The van der Waals surface area contributed by atoms with Crippen molar-refractivity contribution in [2.24, 2.45) is 28.2 Å². The molecule has 1 atom stereocenters. The number of aromatic nitrogens is 7. The van der Waals surface area contributed by atoms with Crippen LogP contribution in [-0.2, 0) is 28.2 Å². The van der Waals surface area contributed by atoms with Gasteiger partial charge in [-0.1, -0.05) is 306 Å². The molecular weight excluding hydrogens is 1300 g/mol. The maximum Gasteiger partial charge on any atom is 0.393 e. The van der Waals surface area contributed by atoms with Gasteiger partial charge in [-0.25, -0.2) is 18.3 Å². The van der Waals surface area contributed by atoms with Crippen molar-refractivity contribution in [2.45, 2.75) is 207 Å². The third kappa shape index (κ3) is 21.6. The van der Waals surface area contributed by atoms with E-state index in [9.17, 15) is 0 Å². The number of hydrogen-bond acceptors (Lipinski definition) is 0. The summed E-state index contributed by atoms with van der Waals surface area (Å²) >= 11 is 0. The second-order valence-electron chi connectivity index (χ2n) is 21.8. The van der Waals surface area contributed by atoms with Crippen LogP contribution < -0.4 is 13.7 Å². The first-order valence-corrected chi connectivity index (χ1v) is 40.1.